The van der Waals surface area contributed by atoms with Gasteiger partial charge in [0.05, 0.1) is 5.92 Å². The number of hydrogen-bond acceptors (Lipinski definition) is 5. The molecule has 1 atom stereocenters. The summed E-state index contributed by atoms with van der Waals surface area (Å²) < 4.78 is 43.2. The molecule has 0 bridgehead atoms. The fraction of sp³-hybridized carbons (Fsp3) is 0.800. The summed E-state index contributed by atoms with van der Waals surface area (Å²) in [7, 11) is 0. The van der Waals surface area contributed by atoms with Gasteiger partial charge in [-0.25, -0.2) is 0 Å². The van der Waals surface area contributed by atoms with Gasteiger partial charge in [0, 0.05) is 26.1 Å². The topological polar surface area (TPSA) is 68.2 Å². The molecule has 8 heteroatoms. The van der Waals surface area contributed by atoms with Crippen LogP contribution in [0.3, 0.4) is 0 Å². The van der Waals surface area contributed by atoms with E-state index in [-0.39, 0.29) is 19.0 Å². The molecule has 1 fully saturated rings. The lowest BCUT2D eigenvalue weighted by atomic mass is 9.98. The second-order valence-electron chi connectivity index (χ2n) is 4.34. The van der Waals surface area contributed by atoms with Gasteiger partial charge in [0.2, 0.25) is 5.89 Å². The summed E-state index contributed by atoms with van der Waals surface area (Å²) >= 11 is 0. The molecule has 1 saturated heterocycles. The number of alkyl halides is 3. The van der Waals surface area contributed by atoms with Crippen molar-refractivity contribution in [2.24, 2.45) is 11.7 Å². The molecule has 1 aromatic heterocycles. The molecule has 18 heavy (non-hydrogen) atoms. The van der Waals surface area contributed by atoms with Crippen molar-refractivity contribution in [3.63, 3.8) is 0 Å². The number of nitrogens with two attached hydrogens (primary N) is 1. The van der Waals surface area contributed by atoms with Gasteiger partial charge in [0.15, 0.2) is 0 Å². The molecule has 0 radical (unpaired) electrons. The van der Waals surface area contributed by atoms with Gasteiger partial charge in [-0.15, -0.1) is 5.10 Å². The Morgan fingerprint density at radius 1 is 1.39 bits per heavy atom. The SMILES string of the molecule is NCCc1nnc(N2CCCC(C(F)(F)F)C2)o1. The molecule has 0 aliphatic carbocycles. The summed E-state index contributed by atoms with van der Waals surface area (Å²) in [6.07, 6.45) is -3.11. The molecule has 0 aromatic carbocycles. The Morgan fingerprint density at radius 3 is 2.83 bits per heavy atom. The first-order valence-corrected chi connectivity index (χ1v) is 5.85. The number of rotatable bonds is 3. The quantitative estimate of drug-likeness (QED) is 0.892. The molecule has 2 N–H and O–H groups in total. The lowest BCUT2D eigenvalue weighted by Crippen LogP contribution is -2.41. The van der Waals surface area contributed by atoms with Crippen LogP contribution in [0.2, 0.25) is 0 Å². The number of anilines is 1. The van der Waals surface area contributed by atoms with E-state index in [9.17, 15) is 13.2 Å². The Balaban J connectivity index is 2.03. The Hall–Kier alpha value is -1.31. The third-order valence-electron chi connectivity index (χ3n) is 2.97. The van der Waals surface area contributed by atoms with Crippen molar-refractivity contribution in [3.8, 4) is 0 Å². The summed E-state index contributed by atoms with van der Waals surface area (Å²) in [5, 5.41) is 7.51. The smallest absolute Gasteiger partial charge is 0.393 e. The lowest BCUT2D eigenvalue weighted by Gasteiger charge is -2.32. The minimum Gasteiger partial charge on any atom is -0.408 e. The highest BCUT2D eigenvalue weighted by Gasteiger charge is 2.42. The summed E-state index contributed by atoms with van der Waals surface area (Å²) in [5.41, 5.74) is 5.34. The van der Waals surface area contributed by atoms with Crippen molar-refractivity contribution in [2.45, 2.75) is 25.4 Å². The normalized spacial score (nSPS) is 21.3. The third kappa shape index (κ3) is 2.92. The van der Waals surface area contributed by atoms with Crippen LogP contribution >= 0.6 is 0 Å². The van der Waals surface area contributed by atoms with E-state index in [1.165, 1.54) is 4.90 Å². The summed E-state index contributed by atoms with van der Waals surface area (Å²) in [4.78, 5) is 1.49. The van der Waals surface area contributed by atoms with E-state index in [2.05, 4.69) is 10.2 Å². The maximum Gasteiger partial charge on any atom is 0.393 e. The zero-order valence-electron chi connectivity index (χ0n) is 9.78. The molecule has 1 unspecified atom stereocenters. The lowest BCUT2D eigenvalue weighted by molar-refractivity contribution is -0.176. The Labute approximate surface area is 102 Å². The van der Waals surface area contributed by atoms with E-state index in [4.69, 9.17) is 10.2 Å². The van der Waals surface area contributed by atoms with Crippen LogP contribution in [0, 0.1) is 5.92 Å². The predicted molar refractivity (Wildman–Crippen MR) is 58.0 cm³/mol. The molecule has 0 saturated carbocycles. The fourth-order valence-electron chi connectivity index (χ4n) is 2.02. The second-order valence-corrected chi connectivity index (χ2v) is 4.34. The Morgan fingerprint density at radius 2 is 2.17 bits per heavy atom. The second kappa shape index (κ2) is 5.13. The van der Waals surface area contributed by atoms with Gasteiger partial charge in [-0.2, -0.15) is 13.2 Å². The summed E-state index contributed by atoms with van der Waals surface area (Å²) in [6, 6.07) is 0.160. The van der Waals surface area contributed by atoms with E-state index in [1.807, 2.05) is 0 Å². The van der Waals surface area contributed by atoms with Crippen molar-refractivity contribution in [1.82, 2.24) is 10.2 Å². The van der Waals surface area contributed by atoms with Gasteiger partial charge < -0.3 is 15.1 Å². The van der Waals surface area contributed by atoms with Crippen LogP contribution in [0.1, 0.15) is 18.7 Å². The molecule has 5 nitrogen and oxygen atoms in total. The first kappa shape index (κ1) is 13.1. The largest absolute Gasteiger partial charge is 0.408 e. The molecule has 2 rings (SSSR count). The summed E-state index contributed by atoms with van der Waals surface area (Å²) in [6.45, 7) is 0.761. The highest BCUT2D eigenvalue weighted by atomic mass is 19.4. The average Bonchev–Trinajstić information content (AvgIpc) is 2.77. The summed E-state index contributed by atoms with van der Waals surface area (Å²) in [5.74, 6) is -0.960. The van der Waals surface area contributed by atoms with Gasteiger partial charge in [0.25, 0.3) is 0 Å². The van der Waals surface area contributed by atoms with Crippen molar-refractivity contribution in [3.05, 3.63) is 5.89 Å². The van der Waals surface area contributed by atoms with Crippen LogP contribution in [0.4, 0.5) is 19.2 Å². The molecule has 2 heterocycles. The molecule has 0 spiro atoms. The molecular formula is C10H15F3N4O. The average molecular weight is 264 g/mol. The Kier molecular flexibility index (Phi) is 3.74. The van der Waals surface area contributed by atoms with Crippen LogP contribution < -0.4 is 10.6 Å². The van der Waals surface area contributed by atoms with Crippen molar-refractivity contribution >= 4 is 6.01 Å². The number of hydrogen-bond donors (Lipinski definition) is 1. The molecular weight excluding hydrogens is 249 g/mol. The Bertz CT molecular complexity index is 393. The highest BCUT2D eigenvalue weighted by Crippen LogP contribution is 2.34. The third-order valence-corrected chi connectivity index (χ3v) is 2.97. The number of piperidine rings is 1. The number of nitrogens with zero attached hydrogens (tertiary/aromatic N) is 3. The van der Waals surface area contributed by atoms with E-state index in [0.717, 1.165) is 0 Å². The minimum absolute atomic E-state index is 0.117. The van der Waals surface area contributed by atoms with E-state index >= 15 is 0 Å². The number of halogens is 3. The molecule has 102 valence electrons. The van der Waals surface area contributed by atoms with Gasteiger partial charge in [-0.1, -0.05) is 5.10 Å². The molecule has 1 aliphatic rings. The minimum atomic E-state index is -4.17. The van der Waals surface area contributed by atoms with Crippen LogP contribution in [0.25, 0.3) is 0 Å². The predicted octanol–water partition coefficient (Wildman–Crippen LogP) is 1.35. The standard InChI is InChI=1S/C10H15F3N4O/c11-10(12,13)7-2-1-5-17(6-7)9-16-15-8(18-9)3-4-14/h7H,1-6,14H2. The van der Waals surface area contributed by atoms with Crippen molar-refractivity contribution < 1.29 is 17.6 Å². The van der Waals surface area contributed by atoms with Gasteiger partial charge in [-0.05, 0) is 12.8 Å². The van der Waals surface area contributed by atoms with E-state index < -0.39 is 12.1 Å². The molecule has 0 amide bonds. The first-order valence-electron chi connectivity index (χ1n) is 5.85. The fourth-order valence-corrected chi connectivity index (χ4v) is 2.02. The molecule has 1 aromatic rings. The highest BCUT2D eigenvalue weighted by molar-refractivity contribution is 5.25. The number of aromatic nitrogens is 2. The first-order chi connectivity index (χ1) is 8.50. The zero-order chi connectivity index (χ0) is 13.2. The molecule has 1 aliphatic heterocycles. The van der Waals surface area contributed by atoms with Crippen molar-refractivity contribution in [1.29, 1.82) is 0 Å². The van der Waals surface area contributed by atoms with Crippen LogP contribution in [-0.4, -0.2) is 36.0 Å². The van der Waals surface area contributed by atoms with Gasteiger partial charge in [0.1, 0.15) is 0 Å². The zero-order valence-corrected chi connectivity index (χ0v) is 9.78. The van der Waals surface area contributed by atoms with Gasteiger partial charge in [-0.3, -0.25) is 0 Å². The van der Waals surface area contributed by atoms with Crippen LogP contribution in [0.15, 0.2) is 4.42 Å². The maximum absolute atomic E-state index is 12.6. The van der Waals surface area contributed by atoms with Crippen molar-refractivity contribution in [2.75, 3.05) is 24.5 Å². The van der Waals surface area contributed by atoms with Gasteiger partial charge >= 0.3 is 12.2 Å². The van der Waals surface area contributed by atoms with Crippen LogP contribution in [-0.2, 0) is 6.42 Å². The van der Waals surface area contributed by atoms with E-state index in [0.29, 0.717) is 31.8 Å². The van der Waals surface area contributed by atoms with E-state index in [1.54, 1.807) is 0 Å². The van der Waals surface area contributed by atoms with Crippen LogP contribution in [0.5, 0.6) is 0 Å². The maximum atomic E-state index is 12.6. The monoisotopic (exact) mass is 264 g/mol.